The molecule has 2 heterocycles. The van der Waals surface area contributed by atoms with E-state index in [2.05, 4.69) is 20.6 Å². The Hall–Kier alpha value is -2.41. The van der Waals surface area contributed by atoms with Gasteiger partial charge in [-0.1, -0.05) is 12.1 Å². The van der Waals surface area contributed by atoms with Crippen LogP contribution in [-0.2, 0) is 0 Å². The van der Waals surface area contributed by atoms with E-state index in [-0.39, 0.29) is 5.11 Å². The summed E-state index contributed by atoms with van der Waals surface area (Å²) in [5, 5.41) is 6.75. The van der Waals surface area contributed by atoms with Crippen molar-refractivity contribution in [2.45, 2.75) is 0 Å². The van der Waals surface area contributed by atoms with Crippen molar-refractivity contribution in [1.29, 1.82) is 0 Å². The van der Waals surface area contributed by atoms with Gasteiger partial charge in [-0.05, 0) is 36.5 Å². The maximum Gasteiger partial charge on any atom is 0.204 e. The molecule has 0 unspecified atom stereocenters. The number of hydrogen-bond acceptors (Lipinski definition) is 5. The summed E-state index contributed by atoms with van der Waals surface area (Å²) in [5.74, 6) is 0.882. The Morgan fingerprint density at radius 1 is 1.17 bits per heavy atom. The maximum absolute atomic E-state index is 10.8. The third kappa shape index (κ3) is 2.83. The van der Waals surface area contributed by atoms with Crippen molar-refractivity contribution in [3.05, 3.63) is 53.7 Å². The molecule has 0 bridgehead atoms. The zero-order valence-corrected chi connectivity index (χ0v) is 10.0. The van der Waals surface area contributed by atoms with Gasteiger partial charge in [0.2, 0.25) is 5.11 Å². The standard InChI is InChI=1S/C11H9N5OS/c17-15-16(10-6-2-4-8-13-10)11(18)14-9-5-1-3-7-12-9/h1-8H,(H,12,14,18). The molecule has 0 aliphatic rings. The van der Waals surface area contributed by atoms with Gasteiger partial charge in [-0.15, -0.1) is 4.91 Å². The summed E-state index contributed by atoms with van der Waals surface area (Å²) in [6, 6.07) is 10.4. The molecule has 0 aromatic carbocycles. The van der Waals surface area contributed by atoms with Gasteiger partial charge in [0.1, 0.15) is 5.82 Å². The van der Waals surface area contributed by atoms with Gasteiger partial charge in [0.05, 0.1) is 5.29 Å². The molecule has 2 rings (SSSR count). The number of pyridine rings is 2. The number of aromatic nitrogens is 2. The van der Waals surface area contributed by atoms with Crippen LogP contribution in [0, 0.1) is 4.91 Å². The summed E-state index contributed by atoms with van der Waals surface area (Å²) in [7, 11) is 0. The minimum Gasteiger partial charge on any atom is -0.315 e. The molecular weight excluding hydrogens is 250 g/mol. The van der Waals surface area contributed by atoms with Crippen LogP contribution < -0.4 is 10.3 Å². The monoisotopic (exact) mass is 259 g/mol. The SMILES string of the molecule is O=NN(C(=S)Nc1ccccn1)c1ccccn1. The molecule has 7 heteroatoms. The molecule has 0 aliphatic heterocycles. The Balaban J connectivity index is 2.14. The zero-order chi connectivity index (χ0) is 12.8. The van der Waals surface area contributed by atoms with Gasteiger partial charge in [-0.2, -0.15) is 5.01 Å². The molecule has 0 amide bonds. The first kappa shape index (κ1) is 12.1. The summed E-state index contributed by atoms with van der Waals surface area (Å²) in [6.45, 7) is 0. The summed E-state index contributed by atoms with van der Waals surface area (Å²) < 4.78 is 0. The van der Waals surface area contributed by atoms with Gasteiger partial charge in [0, 0.05) is 12.4 Å². The molecule has 0 saturated carbocycles. The van der Waals surface area contributed by atoms with Crippen LogP contribution in [-0.4, -0.2) is 15.1 Å². The lowest BCUT2D eigenvalue weighted by Crippen LogP contribution is -2.30. The molecular formula is C11H9N5OS. The van der Waals surface area contributed by atoms with Crippen LogP contribution in [0.25, 0.3) is 0 Å². The number of rotatable bonds is 3. The summed E-state index contributed by atoms with van der Waals surface area (Å²) in [4.78, 5) is 18.9. The fraction of sp³-hybridized carbons (Fsp3) is 0. The van der Waals surface area contributed by atoms with Crippen LogP contribution in [0.3, 0.4) is 0 Å². The Bertz CT molecular complexity index is 534. The third-order valence-electron chi connectivity index (χ3n) is 2.04. The molecule has 0 fully saturated rings. The van der Waals surface area contributed by atoms with Crippen LogP contribution in [0.1, 0.15) is 0 Å². The minimum atomic E-state index is 0.113. The normalized spacial score (nSPS) is 9.56. The molecule has 6 nitrogen and oxygen atoms in total. The smallest absolute Gasteiger partial charge is 0.204 e. The summed E-state index contributed by atoms with van der Waals surface area (Å²) in [5.41, 5.74) is 0. The molecule has 0 aliphatic carbocycles. The van der Waals surface area contributed by atoms with Crippen molar-refractivity contribution in [2.24, 2.45) is 5.29 Å². The summed E-state index contributed by atoms with van der Waals surface area (Å²) in [6.07, 6.45) is 3.17. The molecule has 2 aromatic rings. The zero-order valence-electron chi connectivity index (χ0n) is 9.22. The number of thiocarbonyl (C=S) groups is 1. The van der Waals surface area contributed by atoms with E-state index in [9.17, 15) is 4.91 Å². The Morgan fingerprint density at radius 2 is 1.89 bits per heavy atom. The predicted molar refractivity (Wildman–Crippen MR) is 73.0 cm³/mol. The predicted octanol–water partition coefficient (Wildman–Crippen LogP) is 2.36. The van der Waals surface area contributed by atoms with Crippen LogP contribution in [0.4, 0.5) is 11.6 Å². The molecule has 0 spiro atoms. The van der Waals surface area contributed by atoms with E-state index in [1.54, 1.807) is 48.8 Å². The number of hydrogen-bond donors (Lipinski definition) is 1. The molecule has 0 radical (unpaired) electrons. The first-order valence-corrected chi connectivity index (χ1v) is 5.48. The van der Waals surface area contributed by atoms with E-state index in [1.807, 2.05) is 0 Å². The first-order valence-electron chi connectivity index (χ1n) is 5.07. The van der Waals surface area contributed by atoms with Gasteiger partial charge < -0.3 is 5.32 Å². The number of nitroso groups, excluding NO2 is 1. The van der Waals surface area contributed by atoms with Gasteiger partial charge in [0.25, 0.3) is 0 Å². The van der Waals surface area contributed by atoms with E-state index in [4.69, 9.17) is 12.2 Å². The molecule has 18 heavy (non-hydrogen) atoms. The number of nitrogens with one attached hydrogen (secondary N) is 1. The van der Waals surface area contributed by atoms with Gasteiger partial charge >= 0.3 is 0 Å². The van der Waals surface area contributed by atoms with Crippen molar-refractivity contribution in [1.82, 2.24) is 9.97 Å². The second-order valence-corrected chi connectivity index (χ2v) is 3.61. The van der Waals surface area contributed by atoms with E-state index in [1.165, 1.54) is 0 Å². The van der Waals surface area contributed by atoms with E-state index in [0.717, 1.165) is 5.01 Å². The lowest BCUT2D eigenvalue weighted by Gasteiger charge is -2.15. The fourth-order valence-corrected chi connectivity index (χ4v) is 1.49. The highest BCUT2D eigenvalue weighted by molar-refractivity contribution is 7.80. The van der Waals surface area contributed by atoms with Crippen LogP contribution in [0.5, 0.6) is 0 Å². The van der Waals surface area contributed by atoms with Crippen molar-refractivity contribution in [3.63, 3.8) is 0 Å². The van der Waals surface area contributed by atoms with E-state index >= 15 is 0 Å². The van der Waals surface area contributed by atoms with Crippen LogP contribution >= 0.6 is 12.2 Å². The second kappa shape index (κ2) is 5.78. The highest BCUT2D eigenvalue weighted by Crippen LogP contribution is 2.12. The van der Waals surface area contributed by atoms with Crippen molar-refractivity contribution >= 4 is 29.0 Å². The van der Waals surface area contributed by atoms with Crippen molar-refractivity contribution < 1.29 is 0 Å². The number of anilines is 2. The Morgan fingerprint density at radius 3 is 2.44 bits per heavy atom. The van der Waals surface area contributed by atoms with Crippen molar-refractivity contribution in [2.75, 3.05) is 10.3 Å². The van der Waals surface area contributed by atoms with Crippen LogP contribution in [0.15, 0.2) is 54.1 Å². The van der Waals surface area contributed by atoms with Gasteiger partial charge in [-0.25, -0.2) is 9.97 Å². The highest BCUT2D eigenvalue weighted by Gasteiger charge is 2.13. The Kier molecular flexibility index (Phi) is 3.87. The van der Waals surface area contributed by atoms with E-state index < -0.39 is 0 Å². The lowest BCUT2D eigenvalue weighted by atomic mass is 10.4. The van der Waals surface area contributed by atoms with Crippen LogP contribution in [0.2, 0.25) is 0 Å². The average Bonchev–Trinajstić information content (AvgIpc) is 2.42. The molecule has 1 N–H and O–H groups in total. The molecule has 2 aromatic heterocycles. The largest absolute Gasteiger partial charge is 0.315 e. The fourth-order valence-electron chi connectivity index (χ4n) is 1.26. The quantitative estimate of drug-likeness (QED) is 0.518. The minimum absolute atomic E-state index is 0.113. The first-order chi connectivity index (χ1) is 8.81. The second-order valence-electron chi connectivity index (χ2n) is 3.23. The third-order valence-corrected chi connectivity index (χ3v) is 2.32. The summed E-state index contributed by atoms with van der Waals surface area (Å²) >= 11 is 5.08. The van der Waals surface area contributed by atoms with Gasteiger partial charge in [0.15, 0.2) is 5.82 Å². The molecule has 90 valence electrons. The highest BCUT2D eigenvalue weighted by atomic mass is 32.1. The maximum atomic E-state index is 10.8. The molecule has 0 atom stereocenters. The number of nitrogens with zero attached hydrogens (tertiary/aromatic N) is 4. The lowest BCUT2D eigenvalue weighted by molar-refractivity contribution is 1.07. The van der Waals surface area contributed by atoms with E-state index in [0.29, 0.717) is 11.6 Å². The molecule has 0 saturated heterocycles. The van der Waals surface area contributed by atoms with Gasteiger partial charge in [-0.3, -0.25) is 0 Å². The topological polar surface area (TPSA) is 70.5 Å². The average molecular weight is 259 g/mol. The van der Waals surface area contributed by atoms with Crippen molar-refractivity contribution in [3.8, 4) is 0 Å². The Labute approximate surface area is 109 Å².